The Morgan fingerprint density at radius 1 is 1.40 bits per heavy atom. The number of allylic oxidation sites excluding steroid dienone is 1. The van der Waals surface area contributed by atoms with E-state index in [1.807, 2.05) is 13.0 Å². The molecule has 1 unspecified atom stereocenters. The van der Waals surface area contributed by atoms with E-state index in [4.69, 9.17) is 5.11 Å². The Balaban J connectivity index is 3.11. The van der Waals surface area contributed by atoms with Gasteiger partial charge in [-0.3, -0.25) is 0 Å². The maximum absolute atomic E-state index is 8.91. The molecule has 0 heterocycles. The molecule has 0 saturated carbocycles. The van der Waals surface area contributed by atoms with Gasteiger partial charge in [-0.1, -0.05) is 19.4 Å². The van der Waals surface area contributed by atoms with E-state index in [0.717, 1.165) is 19.3 Å². The van der Waals surface area contributed by atoms with Gasteiger partial charge in [-0.2, -0.15) is 0 Å². The molecule has 0 saturated heterocycles. The van der Waals surface area contributed by atoms with Crippen LogP contribution in [0.25, 0.3) is 0 Å². The van der Waals surface area contributed by atoms with Crippen LogP contribution in [0.3, 0.4) is 0 Å². The molecule has 0 rings (SSSR count). The van der Waals surface area contributed by atoms with Gasteiger partial charge < -0.3 is 5.11 Å². The highest BCUT2D eigenvalue weighted by Crippen LogP contribution is 2.09. The van der Waals surface area contributed by atoms with Crippen LogP contribution in [0.5, 0.6) is 0 Å². The van der Waals surface area contributed by atoms with Gasteiger partial charge in [-0.15, -0.1) is 6.58 Å². The van der Waals surface area contributed by atoms with Crippen molar-refractivity contribution in [2.75, 3.05) is 0 Å². The number of aliphatic hydroxyl groups excluding tert-OH is 1. The molecular weight excluding hydrogens is 124 g/mol. The van der Waals surface area contributed by atoms with E-state index >= 15 is 0 Å². The van der Waals surface area contributed by atoms with Crippen LogP contribution in [0.1, 0.15) is 33.1 Å². The van der Waals surface area contributed by atoms with E-state index in [1.54, 1.807) is 0 Å². The van der Waals surface area contributed by atoms with Crippen LogP contribution in [0.2, 0.25) is 0 Å². The summed E-state index contributed by atoms with van der Waals surface area (Å²) < 4.78 is 0. The zero-order valence-electron chi connectivity index (χ0n) is 7.01. The average molecular weight is 142 g/mol. The summed E-state index contributed by atoms with van der Waals surface area (Å²) in [7, 11) is 0. The lowest BCUT2D eigenvalue weighted by Gasteiger charge is -2.06. The summed E-state index contributed by atoms with van der Waals surface area (Å²) in [6, 6.07) is 0. The molecule has 0 aliphatic rings. The predicted octanol–water partition coefficient (Wildman–Crippen LogP) is 2.36. The molecule has 60 valence electrons. The Bertz CT molecular complexity index is 86.7. The third-order valence-corrected chi connectivity index (χ3v) is 1.68. The Morgan fingerprint density at radius 2 is 2.00 bits per heavy atom. The SMILES string of the molecule is C=CC(C)CCC[C@@H](C)O. The van der Waals surface area contributed by atoms with E-state index in [9.17, 15) is 0 Å². The average Bonchev–Trinajstić information content (AvgIpc) is 1.87. The molecule has 0 bridgehead atoms. The van der Waals surface area contributed by atoms with Crippen molar-refractivity contribution in [1.82, 2.24) is 0 Å². The Kier molecular flexibility index (Phi) is 5.32. The number of aliphatic hydroxyl groups is 1. The zero-order valence-corrected chi connectivity index (χ0v) is 7.01. The van der Waals surface area contributed by atoms with Gasteiger partial charge in [0.15, 0.2) is 0 Å². The molecule has 0 fully saturated rings. The van der Waals surface area contributed by atoms with Crippen molar-refractivity contribution in [2.24, 2.45) is 5.92 Å². The largest absolute Gasteiger partial charge is 0.393 e. The second-order valence-electron chi connectivity index (χ2n) is 2.99. The van der Waals surface area contributed by atoms with Crippen molar-refractivity contribution in [2.45, 2.75) is 39.2 Å². The first kappa shape index (κ1) is 9.70. The Morgan fingerprint density at radius 3 is 2.40 bits per heavy atom. The minimum atomic E-state index is -0.142. The first-order valence-electron chi connectivity index (χ1n) is 3.97. The van der Waals surface area contributed by atoms with Crippen molar-refractivity contribution >= 4 is 0 Å². The molecule has 1 nitrogen and oxygen atoms in total. The van der Waals surface area contributed by atoms with Gasteiger partial charge in [-0.05, 0) is 25.7 Å². The van der Waals surface area contributed by atoms with E-state index < -0.39 is 0 Å². The van der Waals surface area contributed by atoms with Crippen molar-refractivity contribution in [3.63, 3.8) is 0 Å². The summed E-state index contributed by atoms with van der Waals surface area (Å²) in [5.41, 5.74) is 0. The summed E-state index contributed by atoms with van der Waals surface area (Å²) in [6.07, 6.45) is 4.98. The second-order valence-corrected chi connectivity index (χ2v) is 2.99. The maximum Gasteiger partial charge on any atom is 0.0512 e. The van der Waals surface area contributed by atoms with E-state index in [2.05, 4.69) is 13.5 Å². The fourth-order valence-electron chi connectivity index (χ4n) is 0.853. The summed E-state index contributed by atoms with van der Waals surface area (Å²) >= 11 is 0. The van der Waals surface area contributed by atoms with Gasteiger partial charge in [0.05, 0.1) is 6.10 Å². The normalized spacial score (nSPS) is 16.3. The van der Waals surface area contributed by atoms with Crippen molar-refractivity contribution in [3.8, 4) is 0 Å². The van der Waals surface area contributed by atoms with Gasteiger partial charge in [0.1, 0.15) is 0 Å². The zero-order chi connectivity index (χ0) is 7.98. The van der Waals surface area contributed by atoms with Crippen LogP contribution in [-0.2, 0) is 0 Å². The standard InChI is InChI=1S/C9H18O/c1-4-8(2)6-5-7-9(3)10/h4,8-10H,1,5-7H2,2-3H3/t8?,9-/m1/s1. The van der Waals surface area contributed by atoms with Gasteiger partial charge in [0.25, 0.3) is 0 Å². The topological polar surface area (TPSA) is 20.2 Å². The minimum Gasteiger partial charge on any atom is -0.393 e. The van der Waals surface area contributed by atoms with E-state index in [0.29, 0.717) is 5.92 Å². The number of hydrogen-bond acceptors (Lipinski definition) is 1. The molecule has 10 heavy (non-hydrogen) atoms. The fraction of sp³-hybridized carbons (Fsp3) is 0.778. The van der Waals surface area contributed by atoms with Crippen LogP contribution in [-0.4, -0.2) is 11.2 Å². The molecule has 0 aromatic carbocycles. The highest BCUT2D eigenvalue weighted by atomic mass is 16.3. The monoisotopic (exact) mass is 142 g/mol. The first-order valence-corrected chi connectivity index (χ1v) is 3.97. The van der Waals surface area contributed by atoms with Crippen LogP contribution in [0, 0.1) is 5.92 Å². The fourth-order valence-corrected chi connectivity index (χ4v) is 0.853. The predicted molar refractivity (Wildman–Crippen MR) is 44.9 cm³/mol. The molecule has 0 spiro atoms. The second kappa shape index (κ2) is 5.48. The molecule has 2 atom stereocenters. The third-order valence-electron chi connectivity index (χ3n) is 1.68. The summed E-state index contributed by atoms with van der Waals surface area (Å²) in [5, 5.41) is 8.91. The highest BCUT2D eigenvalue weighted by molar-refractivity contribution is 4.74. The van der Waals surface area contributed by atoms with Gasteiger partial charge in [0, 0.05) is 0 Å². The van der Waals surface area contributed by atoms with Crippen molar-refractivity contribution < 1.29 is 5.11 Å². The maximum atomic E-state index is 8.91. The minimum absolute atomic E-state index is 0.142. The van der Waals surface area contributed by atoms with E-state index in [1.165, 1.54) is 0 Å². The highest BCUT2D eigenvalue weighted by Gasteiger charge is 1.98. The van der Waals surface area contributed by atoms with Crippen LogP contribution < -0.4 is 0 Å². The smallest absolute Gasteiger partial charge is 0.0512 e. The molecule has 0 aromatic rings. The van der Waals surface area contributed by atoms with Crippen molar-refractivity contribution in [3.05, 3.63) is 12.7 Å². The van der Waals surface area contributed by atoms with E-state index in [-0.39, 0.29) is 6.10 Å². The summed E-state index contributed by atoms with van der Waals surface area (Å²) in [6.45, 7) is 7.68. The molecule has 0 aliphatic heterocycles. The molecule has 0 aromatic heterocycles. The lowest BCUT2D eigenvalue weighted by molar-refractivity contribution is 0.179. The summed E-state index contributed by atoms with van der Waals surface area (Å²) in [4.78, 5) is 0. The lowest BCUT2D eigenvalue weighted by Crippen LogP contribution is -2.00. The van der Waals surface area contributed by atoms with Crippen molar-refractivity contribution in [1.29, 1.82) is 0 Å². The number of rotatable bonds is 5. The molecule has 1 N–H and O–H groups in total. The van der Waals surface area contributed by atoms with Gasteiger partial charge in [0.2, 0.25) is 0 Å². The Hall–Kier alpha value is -0.300. The van der Waals surface area contributed by atoms with Crippen LogP contribution in [0.4, 0.5) is 0 Å². The van der Waals surface area contributed by atoms with Gasteiger partial charge in [-0.25, -0.2) is 0 Å². The Labute approximate surface area is 63.8 Å². The molecular formula is C9H18O. The van der Waals surface area contributed by atoms with Gasteiger partial charge >= 0.3 is 0 Å². The number of hydrogen-bond donors (Lipinski definition) is 1. The van der Waals surface area contributed by atoms with Crippen LogP contribution >= 0.6 is 0 Å². The van der Waals surface area contributed by atoms with Crippen LogP contribution in [0.15, 0.2) is 12.7 Å². The molecule has 1 heteroatoms. The molecule has 0 aliphatic carbocycles. The summed E-state index contributed by atoms with van der Waals surface area (Å²) in [5.74, 6) is 0.596. The first-order chi connectivity index (χ1) is 4.66. The third kappa shape index (κ3) is 5.83. The molecule has 0 amide bonds. The molecule has 0 radical (unpaired) electrons. The quantitative estimate of drug-likeness (QED) is 0.584. The lowest BCUT2D eigenvalue weighted by atomic mass is 10.0.